The highest BCUT2D eigenvalue weighted by Crippen LogP contribution is 2.22. The SMILES string of the molecule is O=C(C=Cc1ccccc1F)c1cc(N(O)O)ccc1[O-]. The van der Waals surface area contributed by atoms with Crippen LogP contribution in [0, 0.1) is 5.82 Å². The Balaban J connectivity index is 2.28. The fraction of sp³-hybridized carbons (Fsp3) is 0. The summed E-state index contributed by atoms with van der Waals surface area (Å²) in [6, 6.07) is 9.10. The summed E-state index contributed by atoms with van der Waals surface area (Å²) < 4.78 is 13.4. The molecule has 21 heavy (non-hydrogen) atoms. The maximum absolute atomic E-state index is 13.4. The number of carbonyl (C=O) groups excluding carboxylic acids is 1. The molecule has 2 aromatic carbocycles. The molecular weight excluding hydrogens is 277 g/mol. The summed E-state index contributed by atoms with van der Waals surface area (Å²) in [6.45, 7) is 0. The Kier molecular flexibility index (Phi) is 4.32. The largest absolute Gasteiger partial charge is 0.872 e. The second kappa shape index (κ2) is 6.17. The van der Waals surface area contributed by atoms with Gasteiger partial charge in [0.2, 0.25) is 0 Å². The van der Waals surface area contributed by atoms with Crippen molar-refractivity contribution in [3.8, 4) is 5.75 Å². The molecule has 0 atom stereocenters. The fourth-order valence-corrected chi connectivity index (χ4v) is 1.70. The van der Waals surface area contributed by atoms with Gasteiger partial charge in [-0.1, -0.05) is 30.0 Å². The lowest BCUT2D eigenvalue weighted by atomic mass is 10.1. The molecule has 2 rings (SSSR count). The predicted molar refractivity (Wildman–Crippen MR) is 71.7 cm³/mol. The summed E-state index contributed by atoms with van der Waals surface area (Å²) in [4.78, 5) is 11.9. The van der Waals surface area contributed by atoms with Crippen LogP contribution in [-0.2, 0) is 0 Å². The quantitative estimate of drug-likeness (QED) is 0.512. The third kappa shape index (κ3) is 3.44. The van der Waals surface area contributed by atoms with E-state index >= 15 is 0 Å². The van der Waals surface area contributed by atoms with E-state index in [2.05, 4.69) is 0 Å². The highest BCUT2D eigenvalue weighted by Gasteiger charge is 2.07. The van der Waals surface area contributed by atoms with Gasteiger partial charge in [-0.2, -0.15) is 0 Å². The highest BCUT2D eigenvalue weighted by molar-refractivity contribution is 6.09. The minimum Gasteiger partial charge on any atom is -0.872 e. The second-order valence-corrected chi connectivity index (χ2v) is 4.19. The number of benzene rings is 2. The summed E-state index contributed by atoms with van der Waals surface area (Å²) in [5.74, 6) is -1.72. The summed E-state index contributed by atoms with van der Waals surface area (Å²) >= 11 is 0. The number of hydrogen-bond acceptors (Lipinski definition) is 5. The monoisotopic (exact) mass is 288 g/mol. The van der Waals surface area contributed by atoms with Crippen LogP contribution in [0.4, 0.5) is 10.1 Å². The van der Waals surface area contributed by atoms with E-state index < -0.39 is 17.3 Å². The first-order chi connectivity index (χ1) is 9.99. The maximum atomic E-state index is 13.4. The van der Waals surface area contributed by atoms with E-state index in [0.717, 1.165) is 24.3 Å². The Morgan fingerprint density at radius 3 is 2.57 bits per heavy atom. The number of carbonyl (C=O) groups is 1. The molecule has 0 aliphatic carbocycles. The van der Waals surface area contributed by atoms with Crippen LogP contribution in [0.3, 0.4) is 0 Å². The number of hydrogen-bond donors (Lipinski definition) is 2. The van der Waals surface area contributed by atoms with Crippen molar-refractivity contribution in [2.45, 2.75) is 0 Å². The molecule has 0 bridgehead atoms. The van der Waals surface area contributed by atoms with Gasteiger partial charge < -0.3 is 5.11 Å². The Bertz CT molecular complexity index is 698. The molecule has 0 spiro atoms. The van der Waals surface area contributed by atoms with Gasteiger partial charge in [0.1, 0.15) is 5.82 Å². The average molecular weight is 288 g/mol. The third-order valence-corrected chi connectivity index (χ3v) is 2.78. The molecular formula is C15H11FNO4-. The molecule has 5 nitrogen and oxygen atoms in total. The van der Waals surface area contributed by atoms with Crippen LogP contribution in [0.1, 0.15) is 15.9 Å². The van der Waals surface area contributed by atoms with Gasteiger partial charge in [-0.25, -0.2) is 4.39 Å². The lowest BCUT2D eigenvalue weighted by molar-refractivity contribution is -0.268. The minimum atomic E-state index is -0.660. The topological polar surface area (TPSA) is 83.8 Å². The molecule has 0 fully saturated rings. The molecule has 0 amide bonds. The Labute approximate surface area is 119 Å². The maximum Gasteiger partial charge on any atom is 0.185 e. The Morgan fingerprint density at radius 1 is 1.19 bits per heavy atom. The van der Waals surface area contributed by atoms with Crippen molar-refractivity contribution in [2.75, 3.05) is 5.23 Å². The Morgan fingerprint density at radius 2 is 1.90 bits per heavy atom. The average Bonchev–Trinajstić information content (AvgIpc) is 2.46. The lowest BCUT2D eigenvalue weighted by Gasteiger charge is -2.14. The molecule has 6 heteroatoms. The zero-order valence-electron chi connectivity index (χ0n) is 10.7. The molecule has 0 aliphatic rings. The van der Waals surface area contributed by atoms with Gasteiger partial charge in [-0.05, 0) is 30.4 Å². The summed E-state index contributed by atoms with van der Waals surface area (Å²) in [6.07, 6.45) is 2.30. The first-order valence-corrected chi connectivity index (χ1v) is 5.95. The van der Waals surface area contributed by atoms with Crippen LogP contribution in [0.25, 0.3) is 6.08 Å². The predicted octanol–water partition coefficient (Wildman–Crippen LogP) is 2.38. The van der Waals surface area contributed by atoms with Crippen LogP contribution in [0.2, 0.25) is 0 Å². The fourth-order valence-electron chi connectivity index (χ4n) is 1.70. The van der Waals surface area contributed by atoms with Crippen molar-refractivity contribution in [1.29, 1.82) is 0 Å². The first-order valence-electron chi connectivity index (χ1n) is 5.95. The molecule has 108 valence electrons. The normalized spacial score (nSPS) is 10.8. The van der Waals surface area contributed by atoms with Crippen LogP contribution < -0.4 is 10.3 Å². The number of allylic oxidation sites excluding steroid dienone is 1. The van der Waals surface area contributed by atoms with Crippen molar-refractivity contribution in [3.05, 3.63) is 65.5 Å². The lowest BCUT2D eigenvalue weighted by Crippen LogP contribution is -2.12. The van der Waals surface area contributed by atoms with Gasteiger partial charge in [-0.15, -0.1) is 5.23 Å². The van der Waals surface area contributed by atoms with Crippen LogP contribution in [0.5, 0.6) is 5.75 Å². The van der Waals surface area contributed by atoms with E-state index in [1.165, 1.54) is 24.3 Å². The standard InChI is InChI=1S/C15H12FNO4/c16-13-4-2-1-3-10(13)5-7-14(18)12-9-11(17(20)21)6-8-15(12)19/h1-9,19-21H/p-1. The third-order valence-electron chi connectivity index (χ3n) is 2.78. The van der Waals surface area contributed by atoms with E-state index in [1.807, 2.05) is 0 Å². The molecule has 0 aromatic heterocycles. The number of nitrogens with zero attached hydrogens (tertiary/aromatic N) is 1. The smallest absolute Gasteiger partial charge is 0.185 e. The molecule has 0 radical (unpaired) electrons. The van der Waals surface area contributed by atoms with Gasteiger partial charge >= 0.3 is 0 Å². The van der Waals surface area contributed by atoms with Crippen molar-refractivity contribution in [1.82, 2.24) is 0 Å². The molecule has 2 N–H and O–H groups in total. The highest BCUT2D eigenvalue weighted by atomic mass is 19.1. The summed E-state index contributed by atoms with van der Waals surface area (Å²) in [5, 5.41) is 29.2. The second-order valence-electron chi connectivity index (χ2n) is 4.19. The molecule has 0 aliphatic heterocycles. The van der Waals surface area contributed by atoms with Gasteiger partial charge in [-0.3, -0.25) is 15.2 Å². The van der Waals surface area contributed by atoms with Crippen LogP contribution in [0.15, 0.2) is 48.5 Å². The van der Waals surface area contributed by atoms with Crippen LogP contribution >= 0.6 is 0 Å². The van der Waals surface area contributed by atoms with E-state index in [4.69, 9.17) is 10.4 Å². The molecule has 0 unspecified atom stereocenters. The number of ketones is 1. The molecule has 2 aromatic rings. The Hall–Kier alpha value is -2.70. The van der Waals surface area contributed by atoms with E-state index in [-0.39, 0.29) is 22.0 Å². The summed E-state index contributed by atoms with van der Waals surface area (Å²) in [7, 11) is 0. The van der Waals surface area contributed by atoms with Crippen molar-refractivity contribution in [2.24, 2.45) is 0 Å². The van der Waals surface area contributed by atoms with Gasteiger partial charge in [0.05, 0.1) is 5.69 Å². The number of rotatable bonds is 4. The van der Waals surface area contributed by atoms with Gasteiger partial charge in [0.25, 0.3) is 0 Å². The molecule has 0 heterocycles. The zero-order chi connectivity index (χ0) is 15.4. The number of anilines is 1. The van der Waals surface area contributed by atoms with Gasteiger partial charge in [0.15, 0.2) is 5.78 Å². The molecule has 0 saturated carbocycles. The van der Waals surface area contributed by atoms with Gasteiger partial charge in [0, 0.05) is 11.1 Å². The number of halogens is 1. The summed E-state index contributed by atoms with van der Waals surface area (Å²) in [5.41, 5.74) is -0.161. The first kappa shape index (κ1) is 14.7. The van der Waals surface area contributed by atoms with Crippen LogP contribution in [-0.4, -0.2) is 16.2 Å². The van der Waals surface area contributed by atoms with E-state index in [1.54, 1.807) is 6.07 Å². The van der Waals surface area contributed by atoms with Crippen molar-refractivity contribution >= 4 is 17.5 Å². The van der Waals surface area contributed by atoms with E-state index in [0.29, 0.717) is 0 Å². The zero-order valence-corrected chi connectivity index (χ0v) is 10.7. The van der Waals surface area contributed by atoms with E-state index in [9.17, 15) is 14.3 Å². The minimum absolute atomic E-state index is 0.128. The molecule has 0 saturated heterocycles. The van der Waals surface area contributed by atoms with Crippen molar-refractivity contribution in [3.63, 3.8) is 0 Å². The van der Waals surface area contributed by atoms with Crippen molar-refractivity contribution < 1.29 is 24.7 Å².